The van der Waals surface area contributed by atoms with Crippen molar-refractivity contribution in [2.45, 2.75) is 17.7 Å². The van der Waals surface area contributed by atoms with E-state index in [1.54, 1.807) is 7.11 Å². The Morgan fingerprint density at radius 3 is 2.60 bits per heavy atom. The Hall–Kier alpha value is -1.19. The first-order valence-electron chi connectivity index (χ1n) is 7.91. The second-order valence-electron chi connectivity index (χ2n) is 6.14. The second kappa shape index (κ2) is 8.46. The molecule has 0 radical (unpaired) electrons. The molecule has 0 amide bonds. The number of esters is 1. The molecule has 1 aliphatic heterocycles. The molecule has 1 saturated heterocycles. The van der Waals surface area contributed by atoms with Gasteiger partial charge in [-0.1, -0.05) is 11.6 Å². The third-order valence-electron chi connectivity index (χ3n) is 4.39. The summed E-state index contributed by atoms with van der Waals surface area (Å²) in [7, 11) is -1.14. The van der Waals surface area contributed by atoms with Crippen molar-refractivity contribution in [1.82, 2.24) is 10.0 Å². The molecule has 2 rings (SSSR count). The van der Waals surface area contributed by atoms with Crippen molar-refractivity contribution in [2.75, 3.05) is 40.5 Å². The third-order valence-corrected chi connectivity index (χ3v) is 6.07. The zero-order chi connectivity index (χ0) is 18.5. The van der Waals surface area contributed by atoms with Gasteiger partial charge in [-0.2, -0.15) is 0 Å². The fourth-order valence-electron chi connectivity index (χ4n) is 2.96. The molecule has 9 heteroatoms. The lowest BCUT2D eigenvalue weighted by Gasteiger charge is -2.37. The summed E-state index contributed by atoms with van der Waals surface area (Å²) in [5, 5.41) is 3.48. The van der Waals surface area contributed by atoms with Crippen LogP contribution in [-0.2, 0) is 19.5 Å². The average Bonchev–Trinajstić information content (AvgIpc) is 2.60. The van der Waals surface area contributed by atoms with Gasteiger partial charge in [-0.25, -0.2) is 17.9 Å². The number of sulfonamides is 1. The number of hydrogen-bond donors (Lipinski definition) is 2. The number of halogens is 1. The first kappa shape index (κ1) is 20.1. The van der Waals surface area contributed by atoms with E-state index >= 15 is 0 Å². The molecule has 0 saturated carbocycles. The number of carbonyl (C=O) groups excluding carboxylic acids is 1. The molecular weight excluding hydrogens is 368 g/mol. The summed E-state index contributed by atoms with van der Waals surface area (Å²) in [5.74, 6) is -0.731. The molecule has 25 heavy (non-hydrogen) atoms. The molecule has 2 N–H and O–H groups in total. The average molecular weight is 391 g/mol. The number of piperidine rings is 1. The lowest BCUT2D eigenvalue weighted by Crippen LogP contribution is -2.47. The molecule has 7 nitrogen and oxygen atoms in total. The topological polar surface area (TPSA) is 93.7 Å². The summed E-state index contributed by atoms with van der Waals surface area (Å²) in [6.07, 6.45) is 1.59. The molecule has 0 bridgehead atoms. The molecule has 1 aromatic rings. The van der Waals surface area contributed by atoms with Crippen LogP contribution in [0.5, 0.6) is 0 Å². The standard InChI is InChI=1S/C16H23ClN2O5S/c1-23-11-16(5-7-18-8-6-16)10-19-25(21,22)14-9-12(17)3-4-13(14)15(20)24-2/h3-4,9,18-19H,5-8,10-11H2,1-2H3. The maximum atomic E-state index is 12.8. The van der Waals surface area contributed by atoms with Crippen molar-refractivity contribution in [1.29, 1.82) is 0 Å². The summed E-state index contributed by atoms with van der Waals surface area (Å²) in [5.41, 5.74) is -0.331. The van der Waals surface area contributed by atoms with Gasteiger partial charge in [0.2, 0.25) is 10.0 Å². The molecule has 0 aromatic heterocycles. The zero-order valence-corrected chi connectivity index (χ0v) is 15.9. The van der Waals surface area contributed by atoms with Crippen molar-refractivity contribution in [2.24, 2.45) is 5.41 Å². The SMILES string of the molecule is COCC1(CNS(=O)(=O)c2cc(Cl)ccc2C(=O)OC)CCNCC1. The number of rotatable bonds is 7. The van der Waals surface area contributed by atoms with Crippen LogP contribution in [0, 0.1) is 5.41 Å². The number of benzene rings is 1. The highest BCUT2D eigenvalue weighted by molar-refractivity contribution is 7.89. The number of nitrogens with one attached hydrogen (secondary N) is 2. The molecule has 1 heterocycles. The van der Waals surface area contributed by atoms with Gasteiger partial charge in [0.15, 0.2) is 0 Å². The molecule has 140 valence electrons. The highest BCUT2D eigenvalue weighted by Gasteiger charge is 2.34. The quantitative estimate of drug-likeness (QED) is 0.684. The van der Waals surface area contributed by atoms with Crippen LogP contribution in [0.25, 0.3) is 0 Å². The molecule has 1 fully saturated rings. The van der Waals surface area contributed by atoms with Crippen LogP contribution in [0.1, 0.15) is 23.2 Å². The maximum absolute atomic E-state index is 12.8. The first-order chi connectivity index (χ1) is 11.8. The Labute approximate surface area is 153 Å². The van der Waals surface area contributed by atoms with Crippen molar-refractivity contribution in [3.8, 4) is 0 Å². The van der Waals surface area contributed by atoms with Gasteiger partial charge in [0.25, 0.3) is 0 Å². The van der Waals surface area contributed by atoms with Gasteiger partial charge in [0.05, 0.1) is 24.2 Å². The molecule has 0 spiro atoms. The Balaban J connectivity index is 2.27. The maximum Gasteiger partial charge on any atom is 0.339 e. The van der Waals surface area contributed by atoms with E-state index in [4.69, 9.17) is 16.3 Å². The highest BCUT2D eigenvalue weighted by Crippen LogP contribution is 2.29. The monoisotopic (exact) mass is 390 g/mol. The van der Waals surface area contributed by atoms with E-state index in [0.29, 0.717) is 6.61 Å². The minimum absolute atomic E-state index is 0.0505. The summed E-state index contributed by atoms with van der Waals surface area (Å²) >= 11 is 5.92. The van der Waals surface area contributed by atoms with E-state index in [1.807, 2.05) is 0 Å². The molecule has 0 aliphatic carbocycles. The minimum atomic E-state index is -3.94. The van der Waals surface area contributed by atoms with Gasteiger partial charge in [-0.15, -0.1) is 0 Å². The zero-order valence-electron chi connectivity index (χ0n) is 14.3. The fourth-order valence-corrected chi connectivity index (χ4v) is 4.57. The number of ether oxygens (including phenoxy) is 2. The summed E-state index contributed by atoms with van der Waals surface area (Å²) in [4.78, 5) is 11.7. The first-order valence-corrected chi connectivity index (χ1v) is 9.77. The van der Waals surface area contributed by atoms with Crippen LogP contribution in [0.15, 0.2) is 23.1 Å². The summed E-state index contributed by atoms with van der Waals surface area (Å²) in [6.45, 7) is 2.28. The van der Waals surface area contributed by atoms with Gasteiger partial charge in [0.1, 0.15) is 0 Å². The van der Waals surface area contributed by atoms with Crippen molar-refractivity contribution >= 4 is 27.6 Å². The van der Waals surface area contributed by atoms with Crippen LogP contribution in [0.3, 0.4) is 0 Å². The lowest BCUT2D eigenvalue weighted by atomic mass is 9.80. The highest BCUT2D eigenvalue weighted by atomic mass is 35.5. The molecule has 0 unspecified atom stereocenters. The van der Waals surface area contributed by atoms with Crippen LogP contribution < -0.4 is 10.0 Å². The minimum Gasteiger partial charge on any atom is -0.465 e. The van der Waals surface area contributed by atoms with Gasteiger partial charge in [-0.3, -0.25) is 0 Å². The third kappa shape index (κ3) is 4.92. The van der Waals surface area contributed by atoms with E-state index in [2.05, 4.69) is 14.8 Å². The molecule has 1 aliphatic rings. The van der Waals surface area contributed by atoms with Gasteiger partial charge in [-0.05, 0) is 44.1 Å². The summed E-state index contributed by atoms with van der Waals surface area (Å²) < 4.78 is 38.1. The van der Waals surface area contributed by atoms with Crippen LogP contribution in [0.4, 0.5) is 0 Å². The predicted octanol–water partition coefficient (Wildman–Crippen LogP) is 1.42. The van der Waals surface area contributed by atoms with E-state index in [0.717, 1.165) is 25.9 Å². The van der Waals surface area contributed by atoms with Crippen molar-refractivity contribution in [3.63, 3.8) is 0 Å². The van der Waals surface area contributed by atoms with Crippen LogP contribution >= 0.6 is 11.6 Å². The van der Waals surface area contributed by atoms with E-state index < -0.39 is 16.0 Å². The number of carbonyl (C=O) groups is 1. The second-order valence-corrected chi connectivity index (χ2v) is 8.31. The van der Waals surface area contributed by atoms with E-state index in [-0.39, 0.29) is 27.4 Å². The van der Waals surface area contributed by atoms with E-state index in [9.17, 15) is 13.2 Å². The van der Waals surface area contributed by atoms with Crippen LogP contribution in [0.2, 0.25) is 5.02 Å². The van der Waals surface area contributed by atoms with Gasteiger partial charge < -0.3 is 14.8 Å². The molecule has 1 aromatic carbocycles. The Bertz CT molecular complexity index is 712. The van der Waals surface area contributed by atoms with Crippen molar-refractivity contribution in [3.05, 3.63) is 28.8 Å². The number of hydrogen-bond acceptors (Lipinski definition) is 6. The largest absolute Gasteiger partial charge is 0.465 e. The van der Waals surface area contributed by atoms with Gasteiger partial charge >= 0.3 is 5.97 Å². The Kier molecular flexibility index (Phi) is 6.81. The molecule has 0 atom stereocenters. The van der Waals surface area contributed by atoms with E-state index in [1.165, 1.54) is 25.3 Å². The fraction of sp³-hybridized carbons (Fsp3) is 0.562. The Morgan fingerprint density at radius 2 is 2.00 bits per heavy atom. The van der Waals surface area contributed by atoms with Gasteiger partial charge in [0, 0.05) is 24.1 Å². The van der Waals surface area contributed by atoms with Crippen molar-refractivity contribution < 1.29 is 22.7 Å². The Morgan fingerprint density at radius 1 is 1.32 bits per heavy atom. The lowest BCUT2D eigenvalue weighted by molar-refractivity contribution is 0.0576. The smallest absolute Gasteiger partial charge is 0.339 e. The number of methoxy groups -OCH3 is 2. The molecular formula is C16H23ClN2O5S. The van der Waals surface area contributed by atoms with Crippen LogP contribution in [-0.4, -0.2) is 54.8 Å². The predicted molar refractivity (Wildman–Crippen MR) is 94.4 cm³/mol. The normalized spacial score (nSPS) is 17.2. The summed E-state index contributed by atoms with van der Waals surface area (Å²) in [6, 6.07) is 4.05.